The summed E-state index contributed by atoms with van der Waals surface area (Å²) in [5.41, 5.74) is 1.99. The predicted octanol–water partition coefficient (Wildman–Crippen LogP) is 5.58. The molecule has 0 spiro atoms. The van der Waals surface area contributed by atoms with E-state index in [2.05, 4.69) is 0 Å². The van der Waals surface area contributed by atoms with Gasteiger partial charge in [-0.3, -0.25) is 9.69 Å². The van der Waals surface area contributed by atoms with Crippen molar-refractivity contribution >= 4 is 17.7 Å². The largest absolute Gasteiger partial charge is 0.497 e. The van der Waals surface area contributed by atoms with Crippen molar-refractivity contribution < 1.29 is 23.8 Å². The van der Waals surface area contributed by atoms with Crippen molar-refractivity contribution in [3.63, 3.8) is 0 Å². The maximum Gasteiger partial charge on any atom is 0.320 e. The van der Waals surface area contributed by atoms with Gasteiger partial charge in [0.1, 0.15) is 30.0 Å². The molecule has 5 nitrogen and oxygen atoms in total. The minimum Gasteiger partial charge on any atom is -0.497 e. The Morgan fingerprint density at radius 2 is 1.94 bits per heavy atom. The molecule has 0 bridgehead atoms. The Bertz CT molecular complexity index is 1120. The van der Waals surface area contributed by atoms with Crippen LogP contribution in [0.1, 0.15) is 12.8 Å². The molecule has 0 aromatic heterocycles. The van der Waals surface area contributed by atoms with E-state index in [1.54, 1.807) is 13.2 Å². The zero-order chi connectivity index (χ0) is 23.2. The van der Waals surface area contributed by atoms with Gasteiger partial charge in [-0.05, 0) is 73.0 Å². The van der Waals surface area contributed by atoms with E-state index in [0.717, 1.165) is 39.6 Å². The Morgan fingerprint density at radius 3 is 2.73 bits per heavy atom. The molecule has 1 aliphatic heterocycles. The number of benzene rings is 3. The Hall–Kier alpha value is -3.03. The van der Waals surface area contributed by atoms with Crippen LogP contribution in [0.25, 0.3) is 11.1 Å². The van der Waals surface area contributed by atoms with Gasteiger partial charge in [-0.25, -0.2) is 4.39 Å². The molecule has 0 saturated carbocycles. The third kappa shape index (κ3) is 5.86. The van der Waals surface area contributed by atoms with Gasteiger partial charge in [0.05, 0.1) is 12.0 Å². The number of likely N-dealkylation sites (tertiary alicyclic amines) is 1. The van der Waals surface area contributed by atoms with Crippen LogP contribution in [0, 0.1) is 5.82 Å². The standard InChI is InChI=1S/C26H26FNO4S/c1-31-21-7-2-5-18(15-21)19-10-11-24(25(16-19)33-22-8-3-6-20(27)17-22)32-14-13-28-12-4-9-23(28)26(29)30/h2-3,5-8,10-11,15-17,23H,4,9,12-14H2,1H3,(H,29,30)/t23-/m0/s1. The van der Waals surface area contributed by atoms with Gasteiger partial charge >= 0.3 is 5.97 Å². The molecular weight excluding hydrogens is 441 g/mol. The zero-order valence-corrected chi connectivity index (χ0v) is 19.2. The quantitative estimate of drug-likeness (QED) is 0.443. The molecule has 1 heterocycles. The van der Waals surface area contributed by atoms with Gasteiger partial charge in [0, 0.05) is 11.4 Å². The number of hydrogen-bond acceptors (Lipinski definition) is 5. The minimum atomic E-state index is -0.780. The summed E-state index contributed by atoms with van der Waals surface area (Å²) in [6.45, 7) is 1.68. The van der Waals surface area contributed by atoms with Crippen LogP contribution in [-0.2, 0) is 4.79 Å². The number of halogens is 1. The molecule has 1 N–H and O–H groups in total. The number of rotatable bonds is 9. The molecule has 3 aromatic carbocycles. The topological polar surface area (TPSA) is 59.0 Å². The first-order valence-electron chi connectivity index (χ1n) is 10.8. The van der Waals surface area contributed by atoms with Crippen LogP contribution in [0.4, 0.5) is 4.39 Å². The van der Waals surface area contributed by atoms with Crippen LogP contribution in [0.5, 0.6) is 11.5 Å². The van der Waals surface area contributed by atoms with E-state index >= 15 is 0 Å². The molecule has 172 valence electrons. The maximum atomic E-state index is 13.8. The lowest BCUT2D eigenvalue weighted by atomic mass is 10.1. The van der Waals surface area contributed by atoms with Crippen molar-refractivity contribution in [2.24, 2.45) is 0 Å². The molecule has 0 aliphatic carbocycles. The highest BCUT2D eigenvalue weighted by molar-refractivity contribution is 7.99. The molecule has 33 heavy (non-hydrogen) atoms. The summed E-state index contributed by atoms with van der Waals surface area (Å²) in [4.78, 5) is 15.0. The van der Waals surface area contributed by atoms with Crippen molar-refractivity contribution in [1.29, 1.82) is 0 Å². The first-order chi connectivity index (χ1) is 16.0. The molecule has 1 atom stereocenters. The SMILES string of the molecule is COc1cccc(-c2ccc(OCCN3CCC[C@H]3C(=O)O)c(Sc3cccc(F)c3)c2)c1. The third-order valence-corrected chi connectivity index (χ3v) is 6.68. The maximum absolute atomic E-state index is 13.8. The smallest absolute Gasteiger partial charge is 0.320 e. The van der Waals surface area contributed by atoms with Gasteiger partial charge in [0.2, 0.25) is 0 Å². The van der Waals surface area contributed by atoms with Crippen LogP contribution >= 0.6 is 11.8 Å². The lowest BCUT2D eigenvalue weighted by molar-refractivity contribution is -0.142. The van der Waals surface area contributed by atoms with Crippen molar-refractivity contribution in [2.75, 3.05) is 26.8 Å². The first-order valence-corrected chi connectivity index (χ1v) is 11.7. The van der Waals surface area contributed by atoms with Crippen LogP contribution in [0.3, 0.4) is 0 Å². The molecule has 1 aliphatic rings. The lowest BCUT2D eigenvalue weighted by Gasteiger charge is -2.21. The summed E-state index contributed by atoms with van der Waals surface area (Å²) < 4.78 is 25.2. The van der Waals surface area contributed by atoms with Crippen molar-refractivity contribution in [3.05, 3.63) is 72.5 Å². The summed E-state index contributed by atoms with van der Waals surface area (Å²) in [6, 6.07) is 19.7. The van der Waals surface area contributed by atoms with E-state index in [1.165, 1.54) is 23.9 Å². The van der Waals surface area contributed by atoms with Crippen LogP contribution in [-0.4, -0.2) is 48.8 Å². The second-order valence-corrected chi connectivity index (χ2v) is 8.95. The fourth-order valence-electron chi connectivity index (χ4n) is 3.99. The molecule has 1 saturated heterocycles. The highest BCUT2D eigenvalue weighted by Crippen LogP contribution is 2.38. The average molecular weight is 468 g/mol. The highest BCUT2D eigenvalue weighted by atomic mass is 32.2. The lowest BCUT2D eigenvalue weighted by Crippen LogP contribution is -2.38. The number of methoxy groups -OCH3 is 1. The van der Waals surface area contributed by atoms with Crippen LogP contribution < -0.4 is 9.47 Å². The highest BCUT2D eigenvalue weighted by Gasteiger charge is 2.30. The number of carbonyl (C=O) groups is 1. The number of carboxylic acids is 1. The second kappa shape index (κ2) is 10.7. The summed E-state index contributed by atoms with van der Waals surface area (Å²) in [6.07, 6.45) is 1.55. The van der Waals surface area contributed by atoms with Gasteiger partial charge in [-0.1, -0.05) is 36.0 Å². The number of hydrogen-bond donors (Lipinski definition) is 1. The van der Waals surface area contributed by atoms with Gasteiger partial charge in [-0.2, -0.15) is 0 Å². The summed E-state index contributed by atoms with van der Waals surface area (Å²) in [5, 5.41) is 9.38. The number of carboxylic acid groups (broad SMARTS) is 1. The van der Waals surface area contributed by atoms with E-state index in [1.807, 2.05) is 53.4 Å². The molecule has 3 aromatic rings. The molecular formula is C26H26FNO4S. The van der Waals surface area contributed by atoms with E-state index in [4.69, 9.17) is 9.47 Å². The van der Waals surface area contributed by atoms with E-state index < -0.39 is 12.0 Å². The third-order valence-electron chi connectivity index (χ3n) is 5.66. The molecule has 0 unspecified atom stereocenters. The first kappa shape index (κ1) is 23.1. The fourth-order valence-corrected chi connectivity index (χ4v) is 4.98. The normalized spacial score (nSPS) is 16.0. The van der Waals surface area contributed by atoms with Crippen molar-refractivity contribution in [2.45, 2.75) is 28.7 Å². The molecule has 0 amide bonds. The van der Waals surface area contributed by atoms with E-state index in [-0.39, 0.29) is 5.82 Å². The Balaban J connectivity index is 1.56. The predicted molar refractivity (Wildman–Crippen MR) is 127 cm³/mol. The Morgan fingerprint density at radius 1 is 1.12 bits per heavy atom. The van der Waals surface area contributed by atoms with Gasteiger partial charge < -0.3 is 14.6 Å². The van der Waals surface area contributed by atoms with E-state index in [0.29, 0.717) is 25.3 Å². The second-order valence-electron chi connectivity index (χ2n) is 7.83. The van der Waals surface area contributed by atoms with Gasteiger partial charge in [-0.15, -0.1) is 0 Å². The summed E-state index contributed by atoms with van der Waals surface area (Å²) in [7, 11) is 1.64. The molecule has 4 rings (SSSR count). The summed E-state index contributed by atoms with van der Waals surface area (Å²) >= 11 is 1.43. The monoisotopic (exact) mass is 467 g/mol. The number of nitrogens with zero attached hydrogens (tertiary/aromatic N) is 1. The average Bonchev–Trinajstić information content (AvgIpc) is 3.29. The Labute approximate surface area is 197 Å². The zero-order valence-electron chi connectivity index (χ0n) is 18.4. The fraction of sp³-hybridized carbons (Fsp3) is 0.269. The van der Waals surface area contributed by atoms with Crippen LogP contribution in [0.2, 0.25) is 0 Å². The van der Waals surface area contributed by atoms with Gasteiger partial charge in [0.25, 0.3) is 0 Å². The minimum absolute atomic E-state index is 0.292. The summed E-state index contributed by atoms with van der Waals surface area (Å²) in [5.74, 6) is 0.380. The molecule has 7 heteroatoms. The molecule has 0 radical (unpaired) electrons. The van der Waals surface area contributed by atoms with Crippen molar-refractivity contribution in [3.8, 4) is 22.6 Å². The Kier molecular flexibility index (Phi) is 7.52. The van der Waals surface area contributed by atoms with Crippen molar-refractivity contribution in [1.82, 2.24) is 4.90 Å². The van der Waals surface area contributed by atoms with Crippen LogP contribution in [0.15, 0.2) is 76.5 Å². The van der Waals surface area contributed by atoms with Gasteiger partial charge in [0.15, 0.2) is 0 Å². The number of aliphatic carboxylic acids is 1. The number of ether oxygens (including phenoxy) is 2. The van der Waals surface area contributed by atoms with E-state index in [9.17, 15) is 14.3 Å². The molecule has 1 fully saturated rings.